The maximum Gasteiger partial charge on any atom is 0.227 e. The van der Waals surface area contributed by atoms with Crippen LogP contribution in [0.3, 0.4) is 0 Å². The molecule has 0 aliphatic rings. The van der Waals surface area contributed by atoms with Crippen molar-refractivity contribution in [3.05, 3.63) is 64.3 Å². The second kappa shape index (κ2) is 6.44. The van der Waals surface area contributed by atoms with Gasteiger partial charge in [0, 0.05) is 11.9 Å². The SMILES string of the molecule is CN(C)Cc1ccc2c(=O)c(-c3ccccc3)c(OCl)[nH]c2c1. The number of benzene rings is 2. The van der Waals surface area contributed by atoms with Crippen LogP contribution in [-0.4, -0.2) is 24.0 Å². The largest absolute Gasteiger partial charge is 0.366 e. The standard InChI is InChI=1S/C18H17ClN2O2/c1-21(2)11-12-8-9-14-15(10-12)20-18(23-19)16(17(14)22)13-6-4-3-5-7-13/h3-10H,11H2,1-2H3,(H,20,22). The zero-order valence-corrected chi connectivity index (χ0v) is 13.7. The molecular weight excluding hydrogens is 312 g/mol. The van der Waals surface area contributed by atoms with Crippen molar-refractivity contribution in [2.75, 3.05) is 14.1 Å². The fourth-order valence-corrected chi connectivity index (χ4v) is 2.82. The molecule has 0 spiro atoms. The zero-order valence-electron chi connectivity index (χ0n) is 13.0. The Balaban J connectivity index is 2.23. The molecule has 1 aromatic heterocycles. The first-order chi connectivity index (χ1) is 11.1. The molecule has 3 aromatic rings. The van der Waals surface area contributed by atoms with Gasteiger partial charge < -0.3 is 14.2 Å². The third kappa shape index (κ3) is 3.09. The number of pyridine rings is 1. The number of nitrogens with zero attached hydrogens (tertiary/aromatic N) is 1. The van der Waals surface area contributed by atoms with E-state index in [4.69, 9.17) is 16.2 Å². The van der Waals surface area contributed by atoms with Crippen molar-refractivity contribution in [3.8, 4) is 17.0 Å². The number of nitrogens with one attached hydrogen (secondary N) is 1. The molecule has 2 aromatic carbocycles. The van der Waals surface area contributed by atoms with Gasteiger partial charge in [0.15, 0.2) is 0 Å². The first-order valence-corrected chi connectivity index (χ1v) is 7.58. The summed E-state index contributed by atoms with van der Waals surface area (Å²) in [6.45, 7) is 0.787. The predicted molar refractivity (Wildman–Crippen MR) is 93.9 cm³/mol. The second-order valence-corrected chi connectivity index (χ2v) is 5.87. The zero-order chi connectivity index (χ0) is 16.4. The lowest BCUT2D eigenvalue weighted by molar-refractivity contribution is 0.402. The smallest absolute Gasteiger partial charge is 0.227 e. The number of aromatic nitrogens is 1. The van der Waals surface area contributed by atoms with Gasteiger partial charge in [-0.2, -0.15) is 0 Å². The highest BCUT2D eigenvalue weighted by atomic mass is 35.5. The molecular formula is C18H17ClN2O2. The Morgan fingerprint density at radius 3 is 2.52 bits per heavy atom. The molecule has 0 bridgehead atoms. The van der Waals surface area contributed by atoms with Crippen molar-refractivity contribution >= 4 is 22.8 Å². The summed E-state index contributed by atoms with van der Waals surface area (Å²) in [5, 5.41) is 0.615. The van der Waals surface area contributed by atoms with E-state index in [9.17, 15) is 4.79 Å². The number of hydrogen-bond donors (Lipinski definition) is 1. The summed E-state index contributed by atoms with van der Waals surface area (Å²) in [4.78, 5) is 18.1. The average Bonchev–Trinajstić information content (AvgIpc) is 2.54. The van der Waals surface area contributed by atoms with Gasteiger partial charge in [-0.3, -0.25) is 4.79 Å². The van der Waals surface area contributed by atoms with Crippen LogP contribution >= 0.6 is 11.9 Å². The molecule has 1 N–H and O–H groups in total. The number of fused-ring (bicyclic) bond motifs is 1. The van der Waals surface area contributed by atoms with Gasteiger partial charge in [0.2, 0.25) is 11.3 Å². The Hall–Kier alpha value is -2.30. The summed E-state index contributed by atoms with van der Waals surface area (Å²) in [5.74, 6) is 0.261. The third-order valence-corrected chi connectivity index (χ3v) is 3.82. The summed E-state index contributed by atoms with van der Waals surface area (Å²) < 4.78 is 4.92. The number of hydrogen-bond acceptors (Lipinski definition) is 3. The molecule has 0 unspecified atom stereocenters. The third-order valence-electron chi connectivity index (χ3n) is 3.67. The van der Waals surface area contributed by atoms with Crippen molar-refractivity contribution in [1.29, 1.82) is 0 Å². The quantitative estimate of drug-likeness (QED) is 0.792. The first kappa shape index (κ1) is 15.6. The number of halogens is 1. The van der Waals surface area contributed by atoms with Gasteiger partial charge in [-0.25, -0.2) is 0 Å². The van der Waals surface area contributed by atoms with Crippen LogP contribution in [0, 0.1) is 0 Å². The lowest BCUT2D eigenvalue weighted by Crippen LogP contribution is -2.12. The van der Waals surface area contributed by atoms with Crippen molar-refractivity contribution < 1.29 is 4.29 Å². The minimum Gasteiger partial charge on any atom is -0.366 e. The van der Waals surface area contributed by atoms with Gasteiger partial charge in [0.25, 0.3) is 0 Å². The molecule has 0 saturated carbocycles. The van der Waals surface area contributed by atoms with Crippen LogP contribution in [0.15, 0.2) is 53.3 Å². The van der Waals surface area contributed by atoms with Gasteiger partial charge in [-0.05, 0) is 37.4 Å². The molecule has 1 heterocycles. The molecule has 5 heteroatoms. The van der Waals surface area contributed by atoms with Crippen LogP contribution in [0.4, 0.5) is 0 Å². The maximum absolute atomic E-state index is 12.9. The van der Waals surface area contributed by atoms with E-state index in [0.717, 1.165) is 17.7 Å². The van der Waals surface area contributed by atoms with Gasteiger partial charge in [-0.15, -0.1) is 0 Å². The summed E-state index contributed by atoms with van der Waals surface area (Å²) in [7, 11) is 4.00. The van der Waals surface area contributed by atoms with E-state index in [-0.39, 0.29) is 11.3 Å². The molecule has 0 atom stereocenters. The Morgan fingerprint density at radius 1 is 1.13 bits per heavy atom. The number of H-pyrrole nitrogens is 1. The first-order valence-electron chi connectivity index (χ1n) is 7.28. The second-order valence-electron chi connectivity index (χ2n) is 5.72. The number of rotatable bonds is 4. The lowest BCUT2D eigenvalue weighted by atomic mass is 10.0. The topological polar surface area (TPSA) is 45.3 Å². The monoisotopic (exact) mass is 328 g/mol. The predicted octanol–water partition coefficient (Wildman–Crippen LogP) is 3.79. The molecule has 0 fully saturated rings. The molecule has 0 saturated heterocycles. The van der Waals surface area contributed by atoms with Gasteiger partial charge >= 0.3 is 0 Å². The van der Waals surface area contributed by atoms with E-state index in [1.807, 2.05) is 62.6 Å². The van der Waals surface area contributed by atoms with E-state index >= 15 is 0 Å². The van der Waals surface area contributed by atoms with Crippen molar-refractivity contribution in [1.82, 2.24) is 9.88 Å². The minimum absolute atomic E-state index is 0.1000. The summed E-state index contributed by atoms with van der Waals surface area (Å²) in [6, 6.07) is 15.1. The molecule has 0 radical (unpaired) electrons. The van der Waals surface area contributed by atoms with E-state index in [1.165, 1.54) is 0 Å². The average molecular weight is 329 g/mol. The Bertz CT molecular complexity index is 889. The van der Waals surface area contributed by atoms with Crippen molar-refractivity contribution in [3.63, 3.8) is 0 Å². The number of aromatic amines is 1. The highest BCUT2D eigenvalue weighted by Crippen LogP contribution is 2.28. The van der Waals surface area contributed by atoms with Crippen LogP contribution in [0.2, 0.25) is 0 Å². The van der Waals surface area contributed by atoms with Crippen LogP contribution in [0.5, 0.6) is 5.88 Å². The molecule has 118 valence electrons. The fraction of sp³-hybridized carbons (Fsp3) is 0.167. The Kier molecular flexibility index (Phi) is 4.37. The van der Waals surface area contributed by atoms with Crippen molar-refractivity contribution in [2.24, 2.45) is 0 Å². The van der Waals surface area contributed by atoms with Gasteiger partial charge in [0.05, 0.1) is 11.1 Å². The summed E-state index contributed by atoms with van der Waals surface area (Å²) in [6.07, 6.45) is 0. The molecule has 0 aliphatic heterocycles. The van der Waals surface area contributed by atoms with Crippen LogP contribution < -0.4 is 9.72 Å². The highest BCUT2D eigenvalue weighted by Gasteiger charge is 2.15. The maximum atomic E-state index is 12.9. The summed E-state index contributed by atoms with van der Waals surface area (Å²) in [5.41, 5.74) is 2.92. The van der Waals surface area contributed by atoms with Gasteiger partial charge in [-0.1, -0.05) is 36.4 Å². The molecule has 23 heavy (non-hydrogen) atoms. The molecule has 4 nitrogen and oxygen atoms in total. The minimum atomic E-state index is -0.1000. The lowest BCUT2D eigenvalue weighted by Gasteiger charge is -2.12. The van der Waals surface area contributed by atoms with E-state index < -0.39 is 0 Å². The van der Waals surface area contributed by atoms with E-state index in [1.54, 1.807) is 0 Å². The normalized spacial score (nSPS) is 11.1. The highest BCUT2D eigenvalue weighted by molar-refractivity contribution is 6.09. The Labute approximate surface area is 139 Å². The van der Waals surface area contributed by atoms with Crippen LogP contribution in [0.25, 0.3) is 22.0 Å². The molecule has 0 amide bonds. The molecule has 0 aliphatic carbocycles. The summed E-state index contributed by atoms with van der Waals surface area (Å²) >= 11 is 5.60. The molecule has 3 rings (SSSR count). The van der Waals surface area contributed by atoms with Crippen LogP contribution in [-0.2, 0) is 6.54 Å². The van der Waals surface area contributed by atoms with E-state index in [2.05, 4.69) is 9.88 Å². The fourth-order valence-electron chi connectivity index (χ4n) is 2.70. The van der Waals surface area contributed by atoms with Crippen molar-refractivity contribution in [2.45, 2.75) is 6.54 Å². The van der Waals surface area contributed by atoms with Crippen LogP contribution in [0.1, 0.15) is 5.56 Å². The van der Waals surface area contributed by atoms with E-state index in [0.29, 0.717) is 16.5 Å². The van der Waals surface area contributed by atoms with Gasteiger partial charge in [0.1, 0.15) is 11.9 Å². The Morgan fingerprint density at radius 2 is 1.87 bits per heavy atom.